The fraction of sp³-hybridized carbons (Fsp3) is 0.118. The van der Waals surface area contributed by atoms with Crippen LogP contribution < -0.4 is 4.90 Å². The van der Waals surface area contributed by atoms with E-state index in [0.29, 0.717) is 14.7 Å². The number of nitrogens with zero attached hydrogens (tertiary/aromatic N) is 3. The zero-order chi connectivity index (χ0) is 17.8. The first-order valence-electron chi connectivity index (χ1n) is 7.35. The molecule has 3 aromatic rings. The summed E-state index contributed by atoms with van der Waals surface area (Å²) in [6, 6.07) is 16.9. The number of anilines is 1. The second-order valence-electron chi connectivity index (χ2n) is 5.10. The number of amides is 1. The van der Waals surface area contributed by atoms with Crippen LogP contribution in [0, 0.1) is 3.95 Å². The Balaban J connectivity index is 1.68. The maximum absolute atomic E-state index is 12.4. The molecule has 1 aromatic heterocycles. The van der Waals surface area contributed by atoms with Gasteiger partial charge in [-0.1, -0.05) is 52.9 Å². The second-order valence-corrected chi connectivity index (χ2v) is 8.38. The average molecular weight is 408 g/mol. The van der Waals surface area contributed by atoms with Gasteiger partial charge >= 0.3 is 0 Å². The normalized spacial score (nSPS) is 10.6. The van der Waals surface area contributed by atoms with Gasteiger partial charge in [-0.15, -0.1) is 5.10 Å². The molecule has 0 atom stereocenters. The lowest BCUT2D eigenvalue weighted by Gasteiger charge is -2.16. The molecule has 0 fully saturated rings. The molecule has 0 bridgehead atoms. The van der Waals surface area contributed by atoms with Gasteiger partial charge < -0.3 is 4.90 Å². The van der Waals surface area contributed by atoms with Crippen LogP contribution in [-0.2, 0) is 4.79 Å². The molecule has 0 aliphatic heterocycles. The predicted molar refractivity (Wildman–Crippen MR) is 108 cm³/mol. The highest BCUT2D eigenvalue weighted by Crippen LogP contribution is 2.25. The van der Waals surface area contributed by atoms with Crippen molar-refractivity contribution in [3.63, 3.8) is 0 Å². The van der Waals surface area contributed by atoms with Gasteiger partial charge in [-0.2, -0.15) is 0 Å². The largest absolute Gasteiger partial charge is 0.315 e. The third-order valence-electron chi connectivity index (χ3n) is 3.44. The standard InChI is InChI=1S/C17H14ClN3OS3/c1-20(13-5-3-2-4-6-13)15(22)11-24-16-19-21(17(23)25-16)14-9-7-12(18)8-10-14/h2-10H,11H2,1H3. The van der Waals surface area contributed by atoms with E-state index in [2.05, 4.69) is 5.10 Å². The fourth-order valence-electron chi connectivity index (χ4n) is 2.08. The summed E-state index contributed by atoms with van der Waals surface area (Å²) in [5.74, 6) is 0.309. The second kappa shape index (κ2) is 8.14. The van der Waals surface area contributed by atoms with Gasteiger partial charge in [0.05, 0.1) is 11.4 Å². The van der Waals surface area contributed by atoms with E-state index in [1.807, 2.05) is 42.5 Å². The van der Waals surface area contributed by atoms with Crippen LogP contribution in [0.4, 0.5) is 5.69 Å². The molecule has 1 amide bonds. The first kappa shape index (κ1) is 18.1. The third kappa shape index (κ3) is 4.49. The summed E-state index contributed by atoms with van der Waals surface area (Å²) in [5.41, 5.74) is 1.72. The van der Waals surface area contributed by atoms with E-state index >= 15 is 0 Å². The van der Waals surface area contributed by atoms with Gasteiger partial charge in [-0.05, 0) is 48.6 Å². The molecule has 0 saturated carbocycles. The zero-order valence-electron chi connectivity index (χ0n) is 13.3. The minimum Gasteiger partial charge on any atom is -0.315 e. The van der Waals surface area contributed by atoms with Gasteiger partial charge in [0.2, 0.25) is 5.91 Å². The Morgan fingerprint density at radius 3 is 2.60 bits per heavy atom. The summed E-state index contributed by atoms with van der Waals surface area (Å²) in [6.45, 7) is 0. The Kier molecular flexibility index (Phi) is 5.90. The van der Waals surface area contributed by atoms with E-state index in [1.165, 1.54) is 23.1 Å². The quantitative estimate of drug-likeness (QED) is 0.437. The molecule has 25 heavy (non-hydrogen) atoms. The van der Waals surface area contributed by atoms with Crippen LogP contribution in [0.2, 0.25) is 5.02 Å². The van der Waals surface area contributed by atoms with E-state index in [9.17, 15) is 4.79 Å². The summed E-state index contributed by atoms with van der Waals surface area (Å²) in [7, 11) is 1.77. The van der Waals surface area contributed by atoms with Crippen LogP contribution in [-0.4, -0.2) is 28.5 Å². The Morgan fingerprint density at radius 1 is 1.24 bits per heavy atom. The fourth-order valence-corrected chi connectivity index (χ4v) is 4.48. The van der Waals surface area contributed by atoms with Crippen LogP contribution in [0.5, 0.6) is 0 Å². The smallest absolute Gasteiger partial charge is 0.237 e. The molecule has 4 nitrogen and oxygen atoms in total. The topological polar surface area (TPSA) is 38.1 Å². The van der Waals surface area contributed by atoms with Crippen LogP contribution in [0.15, 0.2) is 58.9 Å². The Morgan fingerprint density at radius 2 is 1.92 bits per heavy atom. The molecule has 1 heterocycles. The summed E-state index contributed by atoms with van der Waals surface area (Å²) in [6.07, 6.45) is 0. The van der Waals surface area contributed by atoms with Crippen molar-refractivity contribution in [1.82, 2.24) is 9.78 Å². The maximum Gasteiger partial charge on any atom is 0.237 e. The van der Waals surface area contributed by atoms with E-state index in [1.54, 1.807) is 28.8 Å². The number of para-hydroxylation sites is 1. The Hall–Kier alpha value is -1.67. The minimum absolute atomic E-state index is 0.00959. The van der Waals surface area contributed by atoms with Gasteiger partial charge in [0, 0.05) is 17.8 Å². The minimum atomic E-state index is 0.00959. The monoisotopic (exact) mass is 407 g/mol. The number of thioether (sulfide) groups is 1. The molecule has 0 radical (unpaired) electrons. The first-order valence-corrected chi connectivity index (χ1v) is 9.94. The van der Waals surface area contributed by atoms with Crippen molar-refractivity contribution in [1.29, 1.82) is 0 Å². The molecule has 0 unspecified atom stereocenters. The van der Waals surface area contributed by atoms with Crippen LogP contribution >= 0.6 is 46.9 Å². The summed E-state index contributed by atoms with van der Waals surface area (Å²) >= 11 is 14.1. The number of hydrogen-bond donors (Lipinski definition) is 0. The number of aromatic nitrogens is 2. The lowest BCUT2D eigenvalue weighted by Crippen LogP contribution is -2.27. The van der Waals surface area contributed by atoms with Crippen LogP contribution in [0.1, 0.15) is 0 Å². The van der Waals surface area contributed by atoms with Crippen molar-refractivity contribution in [3.8, 4) is 5.69 Å². The first-order chi connectivity index (χ1) is 12.0. The van der Waals surface area contributed by atoms with Crippen molar-refractivity contribution in [2.24, 2.45) is 0 Å². The number of carbonyl (C=O) groups excluding carboxylic acids is 1. The molecular formula is C17H14ClN3OS3. The lowest BCUT2D eigenvalue weighted by atomic mass is 10.3. The van der Waals surface area contributed by atoms with Crippen molar-refractivity contribution < 1.29 is 4.79 Å². The molecule has 3 rings (SSSR count). The highest BCUT2D eigenvalue weighted by molar-refractivity contribution is 8.01. The molecule has 2 aromatic carbocycles. The van der Waals surface area contributed by atoms with E-state index in [0.717, 1.165) is 15.7 Å². The number of rotatable bonds is 5. The number of benzene rings is 2. The van der Waals surface area contributed by atoms with Crippen molar-refractivity contribution in [2.45, 2.75) is 4.34 Å². The van der Waals surface area contributed by atoms with Gasteiger partial charge in [-0.3, -0.25) is 4.79 Å². The molecular weight excluding hydrogens is 394 g/mol. The number of carbonyl (C=O) groups is 1. The molecule has 0 spiro atoms. The van der Waals surface area contributed by atoms with E-state index in [-0.39, 0.29) is 5.91 Å². The molecule has 0 saturated heterocycles. The van der Waals surface area contributed by atoms with Crippen LogP contribution in [0.25, 0.3) is 5.69 Å². The number of hydrogen-bond acceptors (Lipinski definition) is 5. The van der Waals surface area contributed by atoms with Crippen molar-refractivity contribution in [2.75, 3.05) is 17.7 Å². The molecule has 128 valence electrons. The summed E-state index contributed by atoms with van der Waals surface area (Å²) in [5, 5.41) is 5.16. The molecule has 0 aliphatic carbocycles. The van der Waals surface area contributed by atoms with Gasteiger partial charge in [0.25, 0.3) is 0 Å². The van der Waals surface area contributed by atoms with Gasteiger partial charge in [-0.25, -0.2) is 4.68 Å². The highest BCUT2D eigenvalue weighted by Gasteiger charge is 2.13. The molecule has 0 aliphatic rings. The van der Waals surface area contributed by atoms with E-state index in [4.69, 9.17) is 23.8 Å². The Bertz CT molecular complexity index is 922. The van der Waals surface area contributed by atoms with Crippen molar-refractivity contribution in [3.05, 3.63) is 63.6 Å². The van der Waals surface area contributed by atoms with Gasteiger partial charge in [0.1, 0.15) is 0 Å². The summed E-state index contributed by atoms with van der Waals surface area (Å²) < 4.78 is 3.08. The SMILES string of the molecule is CN(C(=O)CSc1nn(-c2ccc(Cl)cc2)c(=S)s1)c1ccccc1. The average Bonchev–Trinajstić information content (AvgIpc) is 3.01. The van der Waals surface area contributed by atoms with Crippen LogP contribution in [0.3, 0.4) is 0 Å². The van der Waals surface area contributed by atoms with Gasteiger partial charge in [0.15, 0.2) is 8.29 Å². The highest BCUT2D eigenvalue weighted by atomic mass is 35.5. The molecule has 0 N–H and O–H groups in total. The molecule has 8 heteroatoms. The predicted octanol–water partition coefficient (Wildman–Crippen LogP) is 5.07. The van der Waals surface area contributed by atoms with E-state index < -0.39 is 0 Å². The van der Waals surface area contributed by atoms with Crippen molar-refractivity contribution >= 4 is 58.5 Å². The zero-order valence-corrected chi connectivity index (χ0v) is 16.5. The third-order valence-corrected chi connectivity index (χ3v) is 6.04. The summed E-state index contributed by atoms with van der Waals surface area (Å²) in [4.78, 5) is 14.0. The Labute approximate surface area is 164 Å². The maximum atomic E-state index is 12.4. The number of halogens is 1. The lowest BCUT2D eigenvalue weighted by molar-refractivity contribution is -0.115.